The molecule has 1 aromatic carbocycles. The Labute approximate surface area is 175 Å². The highest BCUT2D eigenvalue weighted by Crippen LogP contribution is 2.41. The van der Waals surface area contributed by atoms with Gasteiger partial charge in [0.05, 0.1) is 23.8 Å². The van der Waals surface area contributed by atoms with Gasteiger partial charge in [0.2, 0.25) is 0 Å². The number of fused-ring (bicyclic) bond motifs is 3. The number of aryl methyl sites for hydroxylation is 2. The largest absolute Gasteiger partial charge is 0.470 e. The smallest absolute Gasteiger partial charge is 0.469 e. The molecular formula is C20H29N2O5PS. The van der Waals surface area contributed by atoms with Crippen LogP contribution in [0.15, 0.2) is 18.2 Å². The molecule has 3 rings (SSSR count). The van der Waals surface area contributed by atoms with Crippen LogP contribution in [0.5, 0.6) is 5.19 Å². The Hall–Kier alpha value is -1.28. The van der Waals surface area contributed by atoms with Crippen molar-refractivity contribution in [3.63, 3.8) is 0 Å². The van der Waals surface area contributed by atoms with E-state index >= 15 is 0 Å². The van der Waals surface area contributed by atoms with Gasteiger partial charge in [-0.2, -0.15) is 0 Å². The third-order valence-corrected chi connectivity index (χ3v) is 6.68. The fraction of sp³-hybridized carbons (Fsp3) is 0.550. The highest BCUT2D eigenvalue weighted by atomic mass is 32.1. The lowest BCUT2D eigenvalue weighted by atomic mass is 9.87. The van der Waals surface area contributed by atoms with Crippen LogP contribution < -0.4 is 10.5 Å². The van der Waals surface area contributed by atoms with Crippen LogP contribution in [0.3, 0.4) is 0 Å². The Bertz CT molecular complexity index is 867. The average molecular weight is 441 g/mol. The van der Waals surface area contributed by atoms with E-state index in [4.69, 9.17) is 20.3 Å². The maximum atomic E-state index is 10.8. The highest BCUT2D eigenvalue weighted by molar-refractivity contribution is 7.46. The first-order chi connectivity index (χ1) is 13.9. The normalized spacial score (nSPS) is 14.3. The first-order valence-corrected chi connectivity index (χ1v) is 12.4. The molecule has 1 atom stereocenters. The number of phosphoric ester groups is 1. The molecule has 1 aliphatic rings. The molecular weight excluding hydrogens is 411 g/mol. The molecule has 1 heterocycles. The molecule has 1 aromatic heterocycles. The summed E-state index contributed by atoms with van der Waals surface area (Å²) >= 11 is 1.62. The molecule has 9 heteroatoms. The molecule has 0 saturated heterocycles. The van der Waals surface area contributed by atoms with Gasteiger partial charge < -0.3 is 20.3 Å². The molecule has 0 spiro atoms. The molecule has 7 nitrogen and oxygen atoms in total. The number of unbranched alkanes of at least 4 members (excludes halogenated alkanes) is 1. The number of thiazole rings is 1. The van der Waals surface area contributed by atoms with Crippen molar-refractivity contribution in [1.29, 1.82) is 0 Å². The third kappa shape index (κ3) is 6.10. The number of benzene rings is 1. The molecule has 2 aromatic rings. The average Bonchev–Trinajstić information content (AvgIpc) is 3.10. The molecule has 0 bridgehead atoms. The van der Waals surface area contributed by atoms with E-state index in [1.165, 1.54) is 16.0 Å². The van der Waals surface area contributed by atoms with Crippen molar-refractivity contribution in [3.05, 3.63) is 35.0 Å². The predicted octanol–water partition coefficient (Wildman–Crippen LogP) is 4.02. The minimum absolute atomic E-state index is 0.0246. The zero-order valence-electron chi connectivity index (χ0n) is 16.7. The van der Waals surface area contributed by atoms with Gasteiger partial charge >= 0.3 is 7.82 Å². The van der Waals surface area contributed by atoms with Gasteiger partial charge in [0.15, 0.2) is 0 Å². The van der Waals surface area contributed by atoms with E-state index in [0.717, 1.165) is 48.6 Å². The summed E-state index contributed by atoms with van der Waals surface area (Å²) in [6, 6.07) is 6.47. The highest BCUT2D eigenvalue weighted by Gasteiger charge is 2.23. The van der Waals surface area contributed by atoms with Crippen LogP contribution in [0.2, 0.25) is 0 Å². The maximum Gasteiger partial charge on any atom is 0.469 e. The lowest BCUT2D eigenvalue weighted by molar-refractivity contribution is 0.192. The predicted molar refractivity (Wildman–Crippen MR) is 114 cm³/mol. The fourth-order valence-electron chi connectivity index (χ4n) is 3.56. The summed E-state index contributed by atoms with van der Waals surface area (Å²) in [6.45, 7) is 3.36. The van der Waals surface area contributed by atoms with Crippen molar-refractivity contribution in [2.45, 2.75) is 51.4 Å². The lowest BCUT2D eigenvalue weighted by Crippen LogP contribution is -2.14. The van der Waals surface area contributed by atoms with E-state index in [0.29, 0.717) is 19.6 Å². The van der Waals surface area contributed by atoms with E-state index in [1.807, 2.05) is 0 Å². The summed E-state index contributed by atoms with van der Waals surface area (Å²) < 4.78 is 21.1. The van der Waals surface area contributed by atoms with E-state index in [9.17, 15) is 4.57 Å². The van der Waals surface area contributed by atoms with Gasteiger partial charge in [0, 0.05) is 0 Å². The standard InChI is InChI=1S/C20H29N2O5PS/c1-2-3-10-26-20-22-18-9-7-15-12-14(6-8-17(15)19(18)29-20)16(13-21)5-4-11-27-28(23,24)25/h6,8,12,16H,2-5,7,9-11,13,21H2,1H3,(H2,23,24,25)/t16-/m0/s1. The number of hydrogen-bond donors (Lipinski definition) is 3. The van der Waals surface area contributed by atoms with Crippen LogP contribution in [0.25, 0.3) is 10.4 Å². The van der Waals surface area contributed by atoms with Gasteiger partial charge in [-0.1, -0.05) is 42.9 Å². The summed E-state index contributed by atoms with van der Waals surface area (Å²) in [4.78, 5) is 23.4. The molecule has 0 fully saturated rings. The first kappa shape index (κ1) is 22.4. The van der Waals surface area contributed by atoms with Gasteiger partial charge in [-0.3, -0.25) is 4.52 Å². The monoisotopic (exact) mass is 440 g/mol. The minimum atomic E-state index is -4.41. The molecule has 1 aliphatic carbocycles. The van der Waals surface area contributed by atoms with Gasteiger partial charge in [-0.25, -0.2) is 9.55 Å². The van der Waals surface area contributed by atoms with Crippen LogP contribution >= 0.6 is 19.2 Å². The lowest BCUT2D eigenvalue weighted by Gasteiger charge is -2.20. The number of hydrogen-bond acceptors (Lipinski definition) is 6. The zero-order valence-corrected chi connectivity index (χ0v) is 18.4. The molecule has 29 heavy (non-hydrogen) atoms. The molecule has 4 N–H and O–H groups in total. The Morgan fingerprint density at radius 2 is 2.10 bits per heavy atom. The molecule has 0 saturated carbocycles. The van der Waals surface area contributed by atoms with Crippen molar-refractivity contribution >= 4 is 19.2 Å². The Balaban J connectivity index is 1.68. The molecule has 0 unspecified atom stereocenters. The number of ether oxygens (including phenoxy) is 1. The molecule has 0 aliphatic heterocycles. The summed E-state index contributed by atoms with van der Waals surface area (Å²) in [5.41, 5.74) is 10.8. The van der Waals surface area contributed by atoms with Crippen molar-refractivity contribution in [2.75, 3.05) is 19.8 Å². The van der Waals surface area contributed by atoms with Crippen molar-refractivity contribution in [3.8, 4) is 15.6 Å². The Morgan fingerprint density at radius 1 is 1.28 bits per heavy atom. The van der Waals surface area contributed by atoms with Crippen LogP contribution in [-0.4, -0.2) is 34.5 Å². The second-order valence-electron chi connectivity index (χ2n) is 7.27. The van der Waals surface area contributed by atoms with Gasteiger partial charge in [0.1, 0.15) is 0 Å². The maximum absolute atomic E-state index is 10.8. The van der Waals surface area contributed by atoms with Crippen LogP contribution in [-0.2, 0) is 21.9 Å². The summed E-state index contributed by atoms with van der Waals surface area (Å²) in [6.07, 6.45) is 5.24. The molecule has 160 valence electrons. The minimum Gasteiger partial charge on any atom is -0.470 e. The number of rotatable bonds is 11. The Kier molecular flexibility index (Phi) is 7.85. The summed E-state index contributed by atoms with van der Waals surface area (Å²) in [7, 11) is -4.41. The van der Waals surface area contributed by atoms with Gasteiger partial charge in [-0.05, 0) is 61.3 Å². The number of nitrogens with zero attached hydrogens (tertiary/aromatic N) is 1. The first-order valence-electron chi connectivity index (χ1n) is 10.1. The number of phosphoric acid groups is 1. The third-order valence-electron chi connectivity index (χ3n) is 5.12. The zero-order chi connectivity index (χ0) is 20.9. The van der Waals surface area contributed by atoms with Crippen molar-refractivity contribution < 1.29 is 23.6 Å². The fourth-order valence-corrected chi connectivity index (χ4v) is 4.97. The summed E-state index contributed by atoms with van der Waals surface area (Å²) in [5, 5.41) is 0.755. The second-order valence-corrected chi connectivity index (χ2v) is 9.47. The van der Waals surface area contributed by atoms with Crippen LogP contribution in [0.4, 0.5) is 0 Å². The number of nitrogens with two attached hydrogens (primary N) is 1. The summed E-state index contributed by atoms with van der Waals surface area (Å²) in [5.74, 6) is 0.136. The van der Waals surface area contributed by atoms with E-state index in [-0.39, 0.29) is 12.5 Å². The second kappa shape index (κ2) is 10.2. The van der Waals surface area contributed by atoms with E-state index in [2.05, 4.69) is 34.6 Å². The Morgan fingerprint density at radius 3 is 2.83 bits per heavy atom. The quantitative estimate of drug-likeness (QED) is 0.357. The van der Waals surface area contributed by atoms with Crippen LogP contribution in [0.1, 0.15) is 55.3 Å². The van der Waals surface area contributed by atoms with E-state index < -0.39 is 7.82 Å². The number of aromatic nitrogens is 1. The SMILES string of the molecule is CCCCOc1nc2c(s1)-c1ccc([C@H](CN)CCCOP(=O)(O)O)cc1CC2. The van der Waals surface area contributed by atoms with Crippen molar-refractivity contribution in [1.82, 2.24) is 4.98 Å². The van der Waals surface area contributed by atoms with Gasteiger partial charge in [0.25, 0.3) is 5.19 Å². The van der Waals surface area contributed by atoms with Gasteiger partial charge in [-0.15, -0.1) is 0 Å². The molecule has 0 radical (unpaired) electrons. The van der Waals surface area contributed by atoms with E-state index in [1.54, 1.807) is 11.3 Å². The molecule has 0 amide bonds. The topological polar surface area (TPSA) is 115 Å². The van der Waals surface area contributed by atoms with Crippen molar-refractivity contribution in [2.24, 2.45) is 5.73 Å². The van der Waals surface area contributed by atoms with Crippen LogP contribution in [0, 0.1) is 0 Å².